The summed E-state index contributed by atoms with van der Waals surface area (Å²) in [5, 5.41) is 0. The third-order valence-corrected chi connectivity index (χ3v) is 5.46. The molecule has 0 unspecified atom stereocenters. The van der Waals surface area contributed by atoms with E-state index >= 15 is 0 Å². The minimum atomic E-state index is 0.388. The largest absolute Gasteiger partial charge is 0.496 e. The first-order valence-electron chi connectivity index (χ1n) is 7.24. The molecule has 0 spiro atoms. The topological polar surface area (TPSA) is 38.5 Å². The number of nitrogens with zero attached hydrogens (tertiary/aromatic N) is 1. The maximum absolute atomic E-state index is 5.79. The van der Waals surface area contributed by atoms with Crippen molar-refractivity contribution in [2.45, 2.75) is 31.6 Å². The Morgan fingerprint density at radius 1 is 1.43 bits per heavy atom. The molecule has 116 valence electrons. The third kappa shape index (κ3) is 4.59. The second-order valence-electron chi connectivity index (χ2n) is 6.03. The smallest absolute Gasteiger partial charge is 0.129 e. The molecule has 2 rings (SSSR count). The predicted molar refractivity (Wildman–Crippen MR) is 95.3 cm³/mol. The highest BCUT2D eigenvalue weighted by molar-refractivity contribution is 8.00. The van der Waals surface area contributed by atoms with Gasteiger partial charge in [0.05, 0.1) is 12.7 Å². The van der Waals surface area contributed by atoms with Crippen molar-refractivity contribution < 1.29 is 4.74 Å². The normalized spacial score (nSPS) is 19.0. The molecule has 0 radical (unpaired) electrons. The van der Waals surface area contributed by atoms with Crippen LogP contribution in [0, 0.1) is 0 Å². The molecule has 21 heavy (non-hydrogen) atoms. The van der Waals surface area contributed by atoms with Crippen LogP contribution in [0.15, 0.2) is 18.2 Å². The molecule has 2 N–H and O–H groups in total. The number of rotatable bonds is 4. The second kappa shape index (κ2) is 6.99. The number of nitrogens with two attached hydrogens (primary N) is 1. The van der Waals surface area contributed by atoms with Gasteiger partial charge in [-0.05, 0) is 30.7 Å². The molecule has 1 aromatic carbocycles. The Labute approximate surface area is 137 Å². The molecule has 0 aliphatic carbocycles. The zero-order chi connectivity index (χ0) is 15.5. The average Bonchev–Trinajstić information content (AvgIpc) is 2.60. The van der Waals surface area contributed by atoms with Crippen molar-refractivity contribution >= 4 is 29.0 Å². The minimum absolute atomic E-state index is 0.388. The number of thiocarbonyl (C=S) groups is 1. The highest BCUT2D eigenvalue weighted by Gasteiger charge is 2.23. The Balaban J connectivity index is 2.09. The molecule has 0 amide bonds. The summed E-state index contributed by atoms with van der Waals surface area (Å²) in [6.45, 7) is 7.87. The van der Waals surface area contributed by atoms with Gasteiger partial charge in [0.15, 0.2) is 0 Å². The van der Waals surface area contributed by atoms with Gasteiger partial charge in [-0.25, -0.2) is 0 Å². The third-order valence-electron chi connectivity index (χ3n) is 3.87. The lowest BCUT2D eigenvalue weighted by Gasteiger charge is -2.23. The van der Waals surface area contributed by atoms with Gasteiger partial charge in [0.1, 0.15) is 10.7 Å². The van der Waals surface area contributed by atoms with Crippen molar-refractivity contribution in [1.29, 1.82) is 0 Å². The first kappa shape index (κ1) is 16.6. The summed E-state index contributed by atoms with van der Waals surface area (Å²) in [7, 11) is 1.64. The summed E-state index contributed by atoms with van der Waals surface area (Å²) in [6.07, 6.45) is 1.22. The predicted octanol–water partition coefficient (Wildman–Crippen LogP) is 3.05. The van der Waals surface area contributed by atoms with Crippen molar-refractivity contribution in [2.24, 2.45) is 5.73 Å². The maximum atomic E-state index is 5.79. The summed E-state index contributed by atoms with van der Waals surface area (Å²) >= 11 is 7.18. The summed E-state index contributed by atoms with van der Waals surface area (Å²) < 4.78 is 5.70. The van der Waals surface area contributed by atoms with Gasteiger partial charge in [0, 0.05) is 23.6 Å². The lowest BCUT2D eigenvalue weighted by Crippen LogP contribution is -2.27. The molecule has 3 nitrogen and oxygen atoms in total. The Bertz CT molecular complexity index is 517. The number of thioether (sulfide) groups is 1. The maximum Gasteiger partial charge on any atom is 0.129 e. The van der Waals surface area contributed by atoms with E-state index in [9.17, 15) is 0 Å². The molecule has 1 aliphatic heterocycles. The second-order valence-corrected chi connectivity index (χ2v) is 8.28. The van der Waals surface area contributed by atoms with E-state index in [-0.39, 0.29) is 0 Å². The molecule has 5 heteroatoms. The van der Waals surface area contributed by atoms with E-state index in [2.05, 4.69) is 42.6 Å². The fourth-order valence-corrected chi connectivity index (χ4v) is 3.82. The van der Waals surface area contributed by atoms with Crippen molar-refractivity contribution in [3.63, 3.8) is 0 Å². The highest BCUT2D eigenvalue weighted by atomic mass is 32.2. The standard InChI is InChI=1S/C16H24N2OS2/c1-16(2)6-7-18(8-9-21-16)11-12-4-5-14(19-3)13(10-12)15(17)20/h4-5,10H,6-9,11H2,1-3H3,(H2,17,20). The van der Waals surface area contributed by atoms with Crippen LogP contribution in [-0.4, -0.2) is 40.6 Å². The van der Waals surface area contributed by atoms with E-state index in [0.29, 0.717) is 9.74 Å². The van der Waals surface area contributed by atoms with Gasteiger partial charge in [0.25, 0.3) is 0 Å². The molecule has 0 aromatic heterocycles. The number of ether oxygens (including phenoxy) is 1. The summed E-state index contributed by atoms with van der Waals surface area (Å²) in [4.78, 5) is 2.90. The van der Waals surface area contributed by atoms with E-state index in [0.717, 1.165) is 30.9 Å². The van der Waals surface area contributed by atoms with Gasteiger partial charge in [0.2, 0.25) is 0 Å². The summed E-state index contributed by atoms with van der Waals surface area (Å²) in [5.41, 5.74) is 7.85. The molecular formula is C16H24N2OS2. The van der Waals surface area contributed by atoms with Crippen LogP contribution in [0.2, 0.25) is 0 Å². The number of benzene rings is 1. The molecule has 0 saturated carbocycles. The minimum Gasteiger partial charge on any atom is -0.496 e. The molecule has 0 bridgehead atoms. The van der Waals surface area contributed by atoms with E-state index in [1.807, 2.05) is 6.07 Å². The Morgan fingerprint density at radius 2 is 2.19 bits per heavy atom. The fraction of sp³-hybridized carbons (Fsp3) is 0.562. The molecule has 1 saturated heterocycles. The molecule has 1 aromatic rings. The molecule has 0 atom stereocenters. The Morgan fingerprint density at radius 3 is 2.86 bits per heavy atom. The van der Waals surface area contributed by atoms with E-state index in [1.54, 1.807) is 7.11 Å². The lowest BCUT2D eigenvalue weighted by molar-refractivity contribution is 0.276. The average molecular weight is 325 g/mol. The first-order chi connectivity index (χ1) is 9.91. The first-order valence-corrected chi connectivity index (χ1v) is 8.64. The van der Waals surface area contributed by atoms with Gasteiger partial charge in [-0.3, -0.25) is 4.90 Å². The van der Waals surface area contributed by atoms with E-state index in [4.69, 9.17) is 22.7 Å². The van der Waals surface area contributed by atoms with Crippen LogP contribution in [-0.2, 0) is 6.54 Å². The van der Waals surface area contributed by atoms with Crippen LogP contribution >= 0.6 is 24.0 Å². The number of hydrogen-bond donors (Lipinski definition) is 1. The van der Waals surface area contributed by atoms with Crippen LogP contribution in [0.1, 0.15) is 31.4 Å². The van der Waals surface area contributed by atoms with Gasteiger partial charge >= 0.3 is 0 Å². The monoisotopic (exact) mass is 324 g/mol. The summed E-state index contributed by atoms with van der Waals surface area (Å²) in [5.74, 6) is 1.93. The van der Waals surface area contributed by atoms with E-state index in [1.165, 1.54) is 17.7 Å². The fourth-order valence-electron chi connectivity index (χ4n) is 2.52. The van der Waals surface area contributed by atoms with Crippen LogP contribution in [0.25, 0.3) is 0 Å². The van der Waals surface area contributed by atoms with Crippen LogP contribution < -0.4 is 10.5 Å². The SMILES string of the molecule is COc1ccc(CN2CCSC(C)(C)CC2)cc1C(N)=S. The molecular weight excluding hydrogens is 300 g/mol. The zero-order valence-electron chi connectivity index (χ0n) is 13.0. The Hall–Kier alpha value is -0.780. The van der Waals surface area contributed by atoms with E-state index < -0.39 is 0 Å². The molecule has 1 aliphatic rings. The van der Waals surface area contributed by atoms with Crippen LogP contribution in [0.4, 0.5) is 0 Å². The van der Waals surface area contributed by atoms with Gasteiger partial charge < -0.3 is 10.5 Å². The summed E-state index contributed by atoms with van der Waals surface area (Å²) in [6, 6.07) is 6.12. The van der Waals surface area contributed by atoms with Crippen LogP contribution in [0.3, 0.4) is 0 Å². The van der Waals surface area contributed by atoms with Crippen molar-refractivity contribution in [3.8, 4) is 5.75 Å². The van der Waals surface area contributed by atoms with Gasteiger partial charge in [-0.15, -0.1) is 0 Å². The van der Waals surface area contributed by atoms with Gasteiger partial charge in [-0.1, -0.05) is 32.1 Å². The highest BCUT2D eigenvalue weighted by Crippen LogP contribution is 2.31. The van der Waals surface area contributed by atoms with Gasteiger partial charge in [-0.2, -0.15) is 11.8 Å². The lowest BCUT2D eigenvalue weighted by atomic mass is 10.1. The zero-order valence-corrected chi connectivity index (χ0v) is 14.6. The van der Waals surface area contributed by atoms with Crippen molar-refractivity contribution in [2.75, 3.05) is 26.0 Å². The molecule has 1 heterocycles. The Kier molecular flexibility index (Phi) is 5.52. The van der Waals surface area contributed by atoms with Crippen molar-refractivity contribution in [3.05, 3.63) is 29.3 Å². The van der Waals surface area contributed by atoms with Crippen LogP contribution in [0.5, 0.6) is 5.75 Å². The van der Waals surface area contributed by atoms with Crippen molar-refractivity contribution in [1.82, 2.24) is 4.90 Å². The number of methoxy groups -OCH3 is 1. The number of hydrogen-bond acceptors (Lipinski definition) is 4. The molecule has 1 fully saturated rings. The quantitative estimate of drug-likeness (QED) is 0.862.